The Morgan fingerprint density at radius 3 is 2.59 bits per heavy atom. The summed E-state index contributed by atoms with van der Waals surface area (Å²) in [7, 11) is 3.51. The first-order valence-corrected chi connectivity index (χ1v) is 12.9. The maximum atomic E-state index is 12.9. The zero-order chi connectivity index (χ0) is 25.9. The Labute approximate surface area is 215 Å². The van der Waals surface area contributed by atoms with Crippen LogP contribution in [0.3, 0.4) is 0 Å². The summed E-state index contributed by atoms with van der Waals surface area (Å²) in [5.41, 5.74) is 1.88. The van der Waals surface area contributed by atoms with Gasteiger partial charge in [0.05, 0.1) is 11.9 Å². The monoisotopic (exact) mass is 506 g/mol. The van der Waals surface area contributed by atoms with Crippen molar-refractivity contribution in [3.8, 4) is 0 Å². The molecule has 2 fully saturated rings. The average Bonchev–Trinajstić information content (AvgIpc) is 3.55. The smallest absolute Gasteiger partial charge is 0.411 e. The summed E-state index contributed by atoms with van der Waals surface area (Å²) in [5.74, 6) is 1.11. The summed E-state index contributed by atoms with van der Waals surface area (Å²) in [4.78, 5) is 41.4. The van der Waals surface area contributed by atoms with Crippen molar-refractivity contribution in [3.63, 3.8) is 0 Å². The number of nitrogens with one attached hydrogen (secondary N) is 2. The van der Waals surface area contributed by atoms with Crippen LogP contribution in [0, 0.1) is 5.92 Å². The standard InChI is InChI=1S/C26H34N8O3/c1-32(2)24(35)21-12-18-14-29-25(31-23(18)34(21)19-7-3-4-8-19)30-22-10-9-20(15-28-22)33(26(36)37)16-17-6-5-11-27-13-17/h9-10,12,14-15,17,19,27H,3-8,11,13,16H2,1-2H3,(H,36,37)(H,28,29,30,31)/t17-/m0/s1. The van der Waals surface area contributed by atoms with E-state index in [1.54, 1.807) is 43.5 Å². The van der Waals surface area contributed by atoms with Crippen LogP contribution in [0.25, 0.3) is 11.0 Å². The SMILES string of the molecule is CN(C)C(=O)c1cc2cnc(Nc3ccc(N(C[C@H]4CCCNC4)C(=O)O)cn3)nc2n1C1CCCC1. The number of piperidine rings is 1. The number of hydrogen-bond donors (Lipinski definition) is 3. The second-order valence-electron chi connectivity index (χ2n) is 10.1. The summed E-state index contributed by atoms with van der Waals surface area (Å²) in [6.45, 7) is 2.24. The molecule has 3 N–H and O–H groups in total. The number of aromatic nitrogens is 4. The lowest BCUT2D eigenvalue weighted by Crippen LogP contribution is -2.40. The molecule has 2 amide bonds. The number of anilines is 3. The zero-order valence-corrected chi connectivity index (χ0v) is 21.4. The van der Waals surface area contributed by atoms with Crippen LogP contribution < -0.4 is 15.5 Å². The van der Waals surface area contributed by atoms with Gasteiger partial charge in [0.15, 0.2) is 0 Å². The van der Waals surface area contributed by atoms with Crippen molar-refractivity contribution in [2.75, 3.05) is 43.9 Å². The number of fused-ring (bicyclic) bond motifs is 1. The molecule has 2 aliphatic rings. The van der Waals surface area contributed by atoms with E-state index < -0.39 is 6.09 Å². The van der Waals surface area contributed by atoms with Crippen LogP contribution in [0.5, 0.6) is 0 Å². The van der Waals surface area contributed by atoms with Crippen molar-refractivity contribution in [2.45, 2.75) is 44.6 Å². The molecular weight excluding hydrogens is 472 g/mol. The van der Waals surface area contributed by atoms with Gasteiger partial charge >= 0.3 is 6.09 Å². The van der Waals surface area contributed by atoms with E-state index in [1.807, 2.05) is 6.07 Å². The maximum Gasteiger partial charge on any atom is 0.411 e. The topological polar surface area (TPSA) is 129 Å². The molecule has 1 aliphatic carbocycles. The molecule has 11 nitrogen and oxygen atoms in total. The summed E-state index contributed by atoms with van der Waals surface area (Å²) in [5, 5.41) is 17.1. The Hall–Kier alpha value is -3.73. The number of hydrogen-bond acceptors (Lipinski definition) is 7. The van der Waals surface area contributed by atoms with Crippen LogP contribution in [-0.4, -0.2) is 75.3 Å². The van der Waals surface area contributed by atoms with Crippen molar-refractivity contribution in [1.82, 2.24) is 29.7 Å². The molecule has 1 saturated heterocycles. The van der Waals surface area contributed by atoms with Gasteiger partial charge in [0.25, 0.3) is 5.91 Å². The fourth-order valence-corrected chi connectivity index (χ4v) is 5.36. The molecule has 3 aromatic heterocycles. The molecule has 1 atom stereocenters. The van der Waals surface area contributed by atoms with E-state index in [2.05, 4.69) is 25.2 Å². The molecule has 11 heteroatoms. The lowest BCUT2D eigenvalue weighted by atomic mass is 9.99. The first-order chi connectivity index (χ1) is 17.9. The minimum atomic E-state index is -0.988. The van der Waals surface area contributed by atoms with Gasteiger partial charge in [0.1, 0.15) is 17.2 Å². The zero-order valence-electron chi connectivity index (χ0n) is 21.4. The highest BCUT2D eigenvalue weighted by Gasteiger charge is 2.27. The van der Waals surface area contributed by atoms with Gasteiger partial charge in [-0.3, -0.25) is 9.69 Å². The third kappa shape index (κ3) is 5.36. The van der Waals surface area contributed by atoms with Crippen LogP contribution in [0.2, 0.25) is 0 Å². The van der Waals surface area contributed by atoms with Gasteiger partial charge in [-0.1, -0.05) is 12.8 Å². The van der Waals surface area contributed by atoms with Gasteiger partial charge in [0, 0.05) is 38.3 Å². The van der Waals surface area contributed by atoms with Gasteiger partial charge in [-0.15, -0.1) is 0 Å². The molecule has 0 spiro atoms. The van der Waals surface area contributed by atoms with E-state index in [4.69, 9.17) is 4.98 Å². The van der Waals surface area contributed by atoms with Crippen LogP contribution in [0.15, 0.2) is 30.6 Å². The summed E-state index contributed by atoms with van der Waals surface area (Å²) >= 11 is 0. The molecule has 1 aliphatic heterocycles. The van der Waals surface area contributed by atoms with Crippen molar-refractivity contribution < 1.29 is 14.7 Å². The molecule has 37 heavy (non-hydrogen) atoms. The highest BCUT2D eigenvalue weighted by molar-refractivity contribution is 5.98. The van der Waals surface area contributed by atoms with Gasteiger partial charge < -0.3 is 25.2 Å². The minimum Gasteiger partial charge on any atom is -0.465 e. The molecule has 0 radical (unpaired) electrons. The second kappa shape index (κ2) is 10.7. The molecule has 5 rings (SSSR count). The van der Waals surface area contributed by atoms with Crippen molar-refractivity contribution in [3.05, 3.63) is 36.3 Å². The van der Waals surface area contributed by atoms with Crippen molar-refractivity contribution >= 4 is 40.5 Å². The van der Waals surface area contributed by atoms with Gasteiger partial charge in [0.2, 0.25) is 5.95 Å². The van der Waals surface area contributed by atoms with E-state index in [-0.39, 0.29) is 17.9 Å². The fraction of sp³-hybridized carbons (Fsp3) is 0.500. The van der Waals surface area contributed by atoms with Crippen LogP contribution in [0.1, 0.15) is 55.1 Å². The number of carbonyl (C=O) groups is 2. The molecule has 0 unspecified atom stereocenters. The molecule has 0 bridgehead atoms. The molecule has 4 heterocycles. The van der Waals surface area contributed by atoms with Crippen LogP contribution >= 0.6 is 0 Å². The predicted octanol–water partition coefficient (Wildman–Crippen LogP) is 3.87. The third-order valence-electron chi connectivity index (χ3n) is 7.26. The Bertz CT molecular complexity index is 1260. The first kappa shape index (κ1) is 24.9. The molecule has 196 valence electrons. The largest absolute Gasteiger partial charge is 0.465 e. The minimum absolute atomic E-state index is 0.0522. The number of amides is 2. The molecule has 0 aromatic carbocycles. The third-order valence-corrected chi connectivity index (χ3v) is 7.26. The Morgan fingerprint density at radius 1 is 1.14 bits per heavy atom. The Kier molecular flexibility index (Phi) is 7.22. The number of rotatable bonds is 7. The summed E-state index contributed by atoms with van der Waals surface area (Å²) < 4.78 is 2.07. The average molecular weight is 507 g/mol. The summed E-state index contributed by atoms with van der Waals surface area (Å²) in [6.07, 6.45) is 8.66. The lowest BCUT2D eigenvalue weighted by Gasteiger charge is -2.28. The summed E-state index contributed by atoms with van der Waals surface area (Å²) in [6, 6.07) is 5.58. The first-order valence-electron chi connectivity index (χ1n) is 12.9. The molecular formula is C26H34N8O3. The Balaban J connectivity index is 1.38. The van der Waals surface area contributed by atoms with E-state index in [0.29, 0.717) is 29.7 Å². The van der Waals surface area contributed by atoms with Gasteiger partial charge in [-0.05, 0) is 62.9 Å². The fourth-order valence-electron chi connectivity index (χ4n) is 5.36. The second-order valence-corrected chi connectivity index (χ2v) is 10.1. The van der Waals surface area contributed by atoms with E-state index in [1.165, 1.54) is 4.90 Å². The number of carbonyl (C=O) groups excluding carboxylic acids is 1. The quantitative estimate of drug-likeness (QED) is 0.441. The van der Waals surface area contributed by atoms with Crippen LogP contribution in [-0.2, 0) is 0 Å². The van der Waals surface area contributed by atoms with Gasteiger partial charge in [-0.25, -0.2) is 14.8 Å². The van der Waals surface area contributed by atoms with Gasteiger partial charge in [-0.2, -0.15) is 4.98 Å². The number of pyridine rings is 1. The lowest BCUT2D eigenvalue weighted by molar-refractivity contribution is 0.0815. The number of carboxylic acid groups (broad SMARTS) is 1. The van der Waals surface area contributed by atoms with E-state index in [0.717, 1.165) is 62.6 Å². The van der Waals surface area contributed by atoms with Crippen molar-refractivity contribution in [1.29, 1.82) is 0 Å². The normalized spacial score (nSPS) is 18.2. The van der Waals surface area contributed by atoms with Crippen LogP contribution in [0.4, 0.5) is 22.2 Å². The van der Waals surface area contributed by atoms with E-state index in [9.17, 15) is 14.7 Å². The Morgan fingerprint density at radius 2 is 1.95 bits per heavy atom. The molecule has 3 aromatic rings. The maximum absolute atomic E-state index is 12.9. The van der Waals surface area contributed by atoms with Crippen molar-refractivity contribution in [2.24, 2.45) is 5.92 Å². The van der Waals surface area contributed by atoms with E-state index >= 15 is 0 Å². The number of nitrogens with zero attached hydrogens (tertiary/aromatic N) is 6. The molecule has 1 saturated carbocycles. The predicted molar refractivity (Wildman–Crippen MR) is 142 cm³/mol. The highest BCUT2D eigenvalue weighted by atomic mass is 16.4. The highest BCUT2D eigenvalue weighted by Crippen LogP contribution is 2.35.